The molecule has 3 heteroatoms. The third-order valence-corrected chi connectivity index (χ3v) is 5.34. The topological polar surface area (TPSA) is 29.7 Å². The van der Waals surface area contributed by atoms with Crippen molar-refractivity contribution in [1.82, 2.24) is 9.97 Å². The number of aryl methyl sites for hydroxylation is 4. The molecule has 0 N–H and O–H groups in total. The molecule has 0 bridgehead atoms. The maximum Gasteiger partial charge on any atom is 0.287 e. The van der Waals surface area contributed by atoms with Crippen LogP contribution in [0.5, 0.6) is 0 Å². The fourth-order valence-electron chi connectivity index (χ4n) is 3.81. The van der Waals surface area contributed by atoms with Gasteiger partial charge < -0.3 is 0 Å². The van der Waals surface area contributed by atoms with Gasteiger partial charge in [-0.05, 0) is 73.2 Å². The smallest absolute Gasteiger partial charge is 0.261 e. The highest BCUT2D eigenvalue weighted by Crippen LogP contribution is 2.36. The van der Waals surface area contributed by atoms with E-state index in [1.165, 1.54) is 44.6 Å². The molecule has 0 saturated heterocycles. The Labute approximate surface area is 155 Å². The molecule has 26 heavy (non-hydrogen) atoms. The second-order valence-electron chi connectivity index (χ2n) is 7.36. The highest BCUT2D eigenvalue weighted by molar-refractivity contribution is 5.89. The normalized spacial score (nSPS) is 12.9. The van der Waals surface area contributed by atoms with E-state index in [1.54, 1.807) is 0 Å². The van der Waals surface area contributed by atoms with Gasteiger partial charge in [-0.3, -0.25) is 4.98 Å². The first kappa shape index (κ1) is 16.6. The zero-order chi connectivity index (χ0) is 18.4. The molecule has 2 aromatic heterocycles. The van der Waals surface area contributed by atoms with Gasteiger partial charge in [0, 0.05) is 23.9 Å². The lowest BCUT2D eigenvalue weighted by Gasteiger charge is -2.13. The summed E-state index contributed by atoms with van der Waals surface area (Å²) in [7, 11) is 2.09. The van der Waals surface area contributed by atoms with Crippen LogP contribution in [0.4, 0.5) is 0 Å². The van der Waals surface area contributed by atoms with Gasteiger partial charge in [0.25, 0.3) is 6.33 Å². The molecule has 2 heterocycles. The van der Waals surface area contributed by atoms with Gasteiger partial charge in [0.2, 0.25) is 0 Å². The number of aromatic nitrogens is 3. The van der Waals surface area contributed by atoms with Crippen LogP contribution in [-0.4, -0.2) is 9.97 Å². The van der Waals surface area contributed by atoms with Crippen molar-refractivity contribution < 1.29 is 4.57 Å². The molecule has 0 spiro atoms. The van der Waals surface area contributed by atoms with E-state index in [1.807, 2.05) is 19.4 Å². The Bertz CT molecular complexity index is 1040. The number of pyridine rings is 1. The van der Waals surface area contributed by atoms with E-state index in [0.717, 1.165) is 17.8 Å². The molecule has 0 unspecified atom stereocenters. The third kappa shape index (κ3) is 2.74. The van der Waals surface area contributed by atoms with Crippen molar-refractivity contribution in [3.8, 4) is 11.3 Å². The van der Waals surface area contributed by atoms with Crippen molar-refractivity contribution in [3.63, 3.8) is 0 Å². The van der Waals surface area contributed by atoms with E-state index < -0.39 is 0 Å². The molecule has 3 aromatic rings. The number of hydrogen-bond donors (Lipinski definition) is 0. The van der Waals surface area contributed by atoms with Gasteiger partial charge >= 0.3 is 0 Å². The van der Waals surface area contributed by atoms with Gasteiger partial charge in [-0.2, -0.15) is 0 Å². The molecule has 0 radical (unpaired) electrons. The minimum Gasteiger partial charge on any atom is -0.261 e. The molecular formula is C23H24N3+. The molecule has 0 fully saturated rings. The van der Waals surface area contributed by atoms with Crippen LogP contribution < -0.4 is 4.57 Å². The molecular weight excluding hydrogens is 318 g/mol. The van der Waals surface area contributed by atoms with Crippen LogP contribution in [0.25, 0.3) is 22.9 Å². The Balaban J connectivity index is 1.84. The van der Waals surface area contributed by atoms with Crippen LogP contribution in [0.1, 0.15) is 39.2 Å². The number of allylic oxidation sites excluding steroid dienone is 1. The van der Waals surface area contributed by atoms with Crippen LogP contribution in [0.15, 0.2) is 36.8 Å². The predicted molar refractivity (Wildman–Crippen MR) is 106 cm³/mol. The van der Waals surface area contributed by atoms with Crippen molar-refractivity contribution in [2.24, 2.45) is 7.05 Å². The SMILES string of the molecule is Cc1cc(C)c(C)c(-c2c3c(nc[n+]2C)C=C(c2ccc(C)nc2)C3)c1. The largest absolute Gasteiger partial charge is 0.287 e. The summed E-state index contributed by atoms with van der Waals surface area (Å²) in [4.78, 5) is 9.13. The van der Waals surface area contributed by atoms with E-state index in [2.05, 4.69) is 72.7 Å². The molecule has 4 rings (SSSR count). The summed E-state index contributed by atoms with van der Waals surface area (Å²) in [5.74, 6) is 0. The van der Waals surface area contributed by atoms with E-state index in [0.29, 0.717) is 0 Å². The number of rotatable bonds is 2. The molecule has 1 aliphatic carbocycles. The molecule has 1 aromatic carbocycles. The lowest BCUT2D eigenvalue weighted by Crippen LogP contribution is -2.33. The summed E-state index contributed by atoms with van der Waals surface area (Å²) in [5.41, 5.74) is 12.4. The molecule has 0 saturated carbocycles. The Hall–Kier alpha value is -2.81. The first-order valence-electron chi connectivity index (χ1n) is 9.03. The molecule has 3 nitrogen and oxygen atoms in total. The number of benzene rings is 1. The maximum atomic E-state index is 4.68. The summed E-state index contributed by atoms with van der Waals surface area (Å²) in [6.45, 7) is 8.59. The third-order valence-electron chi connectivity index (χ3n) is 5.34. The van der Waals surface area contributed by atoms with Crippen LogP contribution >= 0.6 is 0 Å². The van der Waals surface area contributed by atoms with Crippen LogP contribution in [-0.2, 0) is 13.5 Å². The lowest BCUT2D eigenvalue weighted by molar-refractivity contribution is -0.663. The predicted octanol–water partition coefficient (Wildman–Crippen LogP) is 4.30. The average molecular weight is 342 g/mol. The van der Waals surface area contributed by atoms with E-state index in [9.17, 15) is 0 Å². The second kappa shape index (κ2) is 6.17. The summed E-state index contributed by atoms with van der Waals surface area (Å²) < 4.78 is 2.16. The lowest BCUT2D eigenvalue weighted by atomic mass is 9.94. The summed E-state index contributed by atoms with van der Waals surface area (Å²) in [5, 5.41) is 0. The zero-order valence-electron chi connectivity index (χ0n) is 16.1. The van der Waals surface area contributed by atoms with Crippen LogP contribution in [0, 0.1) is 27.7 Å². The highest BCUT2D eigenvalue weighted by Gasteiger charge is 2.27. The minimum atomic E-state index is 0.892. The molecule has 0 atom stereocenters. The van der Waals surface area contributed by atoms with Crippen LogP contribution in [0.3, 0.4) is 0 Å². The molecule has 0 aliphatic heterocycles. The van der Waals surface area contributed by atoms with Crippen molar-refractivity contribution in [1.29, 1.82) is 0 Å². The maximum absolute atomic E-state index is 4.68. The molecule has 130 valence electrons. The highest BCUT2D eigenvalue weighted by atomic mass is 15.0. The van der Waals surface area contributed by atoms with Gasteiger partial charge in [0.05, 0.1) is 12.6 Å². The van der Waals surface area contributed by atoms with Gasteiger partial charge in [-0.1, -0.05) is 17.7 Å². The average Bonchev–Trinajstić information content (AvgIpc) is 3.03. The number of fused-ring (bicyclic) bond motifs is 1. The quantitative estimate of drug-likeness (QED) is 0.650. The van der Waals surface area contributed by atoms with E-state index in [4.69, 9.17) is 0 Å². The Morgan fingerprint density at radius 1 is 1.00 bits per heavy atom. The van der Waals surface area contributed by atoms with Crippen molar-refractivity contribution >= 4 is 11.6 Å². The zero-order valence-corrected chi connectivity index (χ0v) is 16.1. The van der Waals surface area contributed by atoms with Crippen molar-refractivity contribution in [2.75, 3.05) is 0 Å². The Kier molecular flexibility index (Phi) is 3.95. The monoisotopic (exact) mass is 342 g/mol. The van der Waals surface area contributed by atoms with E-state index in [-0.39, 0.29) is 0 Å². The minimum absolute atomic E-state index is 0.892. The number of nitrogens with zero attached hydrogens (tertiary/aromatic N) is 3. The molecule has 0 amide bonds. The standard InChI is InChI=1S/C23H24N3/c1-14-8-15(2)17(4)20(9-14)23-21-10-19(11-22(21)25-13-26(23)5)18-7-6-16(3)24-12-18/h6-9,11-13H,10H2,1-5H3/q+1. The van der Waals surface area contributed by atoms with Gasteiger partial charge in [-0.25, -0.2) is 4.57 Å². The van der Waals surface area contributed by atoms with Crippen molar-refractivity contribution in [3.05, 3.63) is 76.0 Å². The second-order valence-corrected chi connectivity index (χ2v) is 7.36. The van der Waals surface area contributed by atoms with Crippen molar-refractivity contribution in [2.45, 2.75) is 34.1 Å². The molecule has 1 aliphatic rings. The van der Waals surface area contributed by atoms with Gasteiger partial charge in [-0.15, -0.1) is 0 Å². The van der Waals surface area contributed by atoms with Gasteiger partial charge in [0.1, 0.15) is 5.69 Å². The number of hydrogen-bond acceptors (Lipinski definition) is 2. The first-order chi connectivity index (χ1) is 12.4. The fourth-order valence-corrected chi connectivity index (χ4v) is 3.81. The van der Waals surface area contributed by atoms with Crippen LogP contribution in [0.2, 0.25) is 0 Å². The first-order valence-corrected chi connectivity index (χ1v) is 9.03. The summed E-state index contributed by atoms with van der Waals surface area (Å²) >= 11 is 0. The van der Waals surface area contributed by atoms with Gasteiger partial charge in [0.15, 0.2) is 5.69 Å². The fraction of sp³-hybridized carbons (Fsp3) is 0.261. The summed E-state index contributed by atoms with van der Waals surface area (Å²) in [6.07, 6.45) is 7.00. The summed E-state index contributed by atoms with van der Waals surface area (Å²) in [6, 6.07) is 8.77. The Morgan fingerprint density at radius 3 is 2.54 bits per heavy atom. The van der Waals surface area contributed by atoms with E-state index >= 15 is 0 Å². The Morgan fingerprint density at radius 2 is 1.81 bits per heavy atom.